The van der Waals surface area contributed by atoms with Crippen molar-refractivity contribution in [3.63, 3.8) is 0 Å². The number of nitrogens with zero attached hydrogens (tertiary/aromatic N) is 4. The monoisotopic (exact) mass is 330 g/mol. The molecule has 0 radical (unpaired) electrons. The smallest absolute Gasteiger partial charge is 0.243 e. The quantitative estimate of drug-likeness (QED) is 0.835. The third-order valence-corrected chi connectivity index (χ3v) is 6.06. The molecule has 0 aliphatic carbocycles. The highest BCUT2D eigenvalue weighted by molar-refractivity contribution is 7.89. The Morgan fingerprint density at radius 2 is 2.17 bits per heavy atom. The zero-order valence-electron chi connectivity index (χ0n) is 12.2. The van der Waals surface area contributed by atoms with E-state index in [0.29, 0.717) is 30.2 Å². The van der Waals surface area contributed by atoms with Crippen LogP contribution in [0.3, 0.4) is 0 Å². The predicted octanol–water partition coefficient (Wildman–Crippen LogP) is 0.935. The number of fused-ring (bicyclic) bond motifs is 1. The summed E-state index contributed by atoms with van der Waals surface area (Å²) in [6.07, 6.45) is 3.87. The molecule has 0 N–H and O–H groups in total. The van der Waals surface area contributed by atoms with Gasteiger partial charge in [-0.3, -0.25) is 4.68 Å². The van der Waals surface area contributed by atoms with Gasteiger partial charge in [-0.2, -0.15) is 14.7 Å². The van der Waals surface area contributed by atoms with Gasteiger partial charge >= 0.3 is 0 Å². The van der Waals surface area contributed by atoms with Crippen molar-refractivity contribution in [2.75, 3.05) is 19.7 Å². The van der Waals surface area contributed by atoms with Crippen molar-refractivity contribution < 1.29 is 13.2 Å². The molecule has 1 fully saturated rings. The summed E-state index contributed by atoms with van der Waals surface area (Å²) in [7, 11) is -3.49. The van der Waals surface area contributed by atoms with Crippen LogP contribution >= 0.6 is 0 Å². The summed E-state index contributed by atoms with van der Waals surface area (Å²) < 4.78 is 33.8. The number of hydrogen-bond acceptors (Lipinski definition) is 5. The zero-order chi connectivity index (χ0) is 16.0. The molecular weight excluding hydrogens is 316 g/mol. The van der Waals surface area contributed by atoms with Crippen LogP contribution in [0.5, 0.6) is 5.75 Å². The highest BCUT2D eigenvalue weighted by atomic mass is 32.2. The number of aromatic nitrogens is 2. The molecule has 1 saturated heterocycles. The second-order valence-electron chi connectivity index (χ2n) is 5.66. The molecule has 118 valence electrons. The topological polar surface area (TPSA) is 88.2 Å². The van der Waals surface area contributed by atoms with Crippen LogP contribution in [0, 0.1) is 11.3 Å². The van der Waals surface area contributed by atoms with Crippen molar-refractivity contribution in [1.82, 2.24) is 14.1 Å². The summed E-state index contributed by atoms with van der Waals surface area (Å²) in [4.78, 5) is 0.304. The standard InChI is InChI=1S/C15H14N4O3S/c16-6-11-7-17-19(8-11)13-9-18(10-13)23(20,21)14-1-2-15-12(5-14)3-4-22-15/h1-2,5,7-8,13H,3-4,9-10H2. The Bertz CT molecular complexity index is 907. The van der Waals surface area contributed by atoms with Crippen LogP contribution in [0.2, 0.25) is 0 Å². The summed E-state index contributed by atoms with van der Waals surface area (Å²) in [5.41, 5.74) is 1.42. The fraction of sp³-hybridized carbons (Fsp3) is 0.333. The molecule has 3 heterocycles. The van der Waals surface area contributed by atoms with Crippen LogP contribution in [-0.4, -0.2) is 42.2 Å². The molecule has 0 amide bonds. The Morgan fingerprint density at radius 3 is 2.91 bits per heavy atom. The normalized spacial score (nSPS) is 18.0. The summed E-state index contributed by atoms with van der Waals surface area (Å²) in [5, 5.41) is 12.9. The van der Waals surface area contributed by atoms with Gasteiger partial charge in [0.25, 0.3) is 0 Å². The van der Waals surface area contributed by atoms with E-state index in [1.165, 1.54) is 10.5 Å². The van der Waals surface area contributed by atoms with Crippen LogP contribution < -0.4 is 4.74 Å². The van der Waals surface area contributed by atoms with Crippen LogP contribution in [0.15, 0.2) is 35.5 Å². The van der Waals surface area contributed by atoms with Crippen molar-refractivity contribution in [1.29, 1.82) is 5.26 Å². The maximum Gasteiger partial charge on any atom is 0.243 e. The Labute approximate surface area is 133 Å². The lowest BCUT2D eigenvalue weighted by Gasteiger charge is -2.37. The molecule has 2 aliphatic rings. The van der Waals surface area contributed by atoms with E-state index < -0.39 is 10.0 Å². The Kier molecular flexibility index (Phi) is 3.14. The summed E-state index contributed by atoms with van der Waals surface area (Å²) >= 11 is 0. The number of ether oxygens (including phenoxy) is 1. The first-order valence-electron chi connectivity index (χ1n) is 7.28. The molecule has 0 unspecified atom stereocenters. The molecule has 0 spiro atoms. The number of hydrogen-bond donors (Lipinski definition) is 0. The van der Waals surface area contributed by atoms with Crippen LogP contribution in [0.4, 0.5) is 0 Å². The predicted molar refractivity (Wildman–Crippen MR) is 80.4 cm³/mol. The van der Waals surface area contributed by atoms with Crippen LogP contribution in [-0.2, 0) is 16.4 Å². The van der Waals surface area contributed by atoms with Gasteiger partial charge in [0.1, 0.15) is 11.8 Å². The molecule has 0 bridgehead atoms. The summed E-state index contributed by atoms with van der Waals surface area (Å²) in [6.45, 7) is 1.33. The first-order chi connectivity index (χ1) is 11.1. The van der Waals surface area contributed by atoms with Crippen LogP contribution in [0.25, 0.3) is 0 Å². The van der Waals surface area contributed by atoms with Gasteiger partial charge in [0.2, 0.25) is 10.0 Å². The fourth-order valence-corrected chi connectivity index (χ4v) is 4.41. The minimum Gasteiger partial charge on any atom is -0.493 e. The van der Waals surface area contributed by atoms with Gasteiger partial charge in [0, 0.05) is 25.7 Å². The van der Waals surface area contributed by atoms with Crippen molar-refractivity contribution >= 4 is 10.0 Å². The maximum atomic E-state index is 12.7. The van der Waals surface area contributed by atoms with Gasteiger partial charge in [-0.15, -0.1) is 0 Å². The lowest BCUT2D eigenvalue weighted by Crippen LogP contribution is -2.50. The van der Waals surface area contributed by atoms with E-state index >= 15 is 0 Å². The van der Waals surface area contributed by atoms with Gasteiger partial charge in [-0.25, -0.2) is 8.42 Å². The molecule has 1 aromatic heterocycles. The number of rotatable bonds is 3. The number of nitriles is 1. The molecule has 2 aliphatic heterocycles. The SMILES string of the molecule is N#Cc1cnn(C2CN(S(=O)(=O)c3ccc4c(c3)CCO4)C2)c1. The minimum atomic E-state index is -3.49. The summed E-state index contributed by atoms with van der Waals surface area (Å²) in [6, 6.07) is 7.01. The molecule has 1 aromatic carbocycles. The van der Waals surface area contributed by atoms with E-state index in [1.807, 2.05) is 6.07 Å². The molecule has 0 saturated carbocycles. The van der Waals surface area contributed by atoms with E-state index in [-0.39, 0.29) is 6.04 Å². The van der Waals surface area contributed by atoms with Crippen molar-refractivity contribution in [2.45, 2.75) is 17.4 Å². The molecule has 7 nitrogen and oxygen atoms in total. The van der Waals surface area contributed by atoms with Gasteiger partial charge in [0.15, 0.2) is 0 Å². The first kappa shape index (κ1) is 14.2. The van der Waals surface area contributed by atoms with Crippen molar-refractivity contribution in [3.8, 4) is 11.8 Å². The van der Waals surface area contributed by atoms with E-state index in [9.17, 15) is 8.42 Å². The van der Waals surface area contributed by atoms with E-state index in [1.54, 1.807) is 29.1 Å². The molecule has 23 heavy (non-hydrogen) atoms. The van der Waals surface area contributed by atoms with Crippen LogP contribution in [0.1, 0.15) is 17.2 Å². The average molecular weight is 330 g/mol. The van der Waals surface area contributed by atoms with E-state index in [4.69, 9.17) is 10.00 Å². The molecule has 2 aromatic rings. The lowest BCUT2D eigenvalue weighted by molar-refractivity contribution is 0.191. The van der Waals surface area contributed by atoms with E-state index in [2.05, 4.69) is 5.10 Å². The molecule has 4 rings (SSSR count). The number of sulfonamides is 1. The minimum absolute atomic E-state index is 0.0235. The lowest BCUT2D eigenvalue weighted by atomic mass is 10.2. The highest BCUT2D eigenvalue weighted by Gasteiger charge is 2.38. The maximum absolute atomic E-state index is 12.7. The van der Waals surface area contributed by atoms with Crippen molar-refractivity contribution in [2.24, 2.45) is 0 Å². The molecule has 0 atom stereocenters. The molecular formula is C15H14N4O3S. The largest absolute Gasteiger partial charge is 0.493 e. The van der Waals surface area contributed by atoms with Gasteiger partial charge in [-0.05, 0) is 23.8 Å². The Hall–Kier alpha value is -2.37. The van der Waals surface area contributed by atoms with E-state index in [0.717, 1.165) is 17.7 Å². The van der Waals surface area contributed by atoms with Crippen molar-refractivity contribution in [3.05, 3.63) is 41.7 Å². The Balaban J connectivity index is 1.52. The van der Waals surface area contributed by atoms with Gasteiger partial charge in [-0.1, -0.05) is 0 Å². The zero-order valence-corrected chi connectivity index (χ0v) is 13.0. The fourth-order valence-electron chi connectivity index (χ4n) is 2.85. The Morgan fingerprint density at radius 1 is 1.35 bits per heavy atom. The second-order valence-corrected chi connectivity index (χ2v) is 7.60. The number of benzene rings is 1. The first-order valence-corrected chi connectivity index (χ1v) is 8.72. The second kappa shape index (κ2) is 5.08. The van der Waals surface area contributed by atoms with Gasteiger partial charge in [0.05, 0.1) is 29.3 Å². The van der Waals surface area contributed by atoms with Gasteiger partial charge < -0.3 is 4.74 Å². The third kappa shape index (κ3) is 2.29. The average Bonchev–Trinajstić information content (AvgIpc) is 3.13. The molecule has 8 heteroatoms. The third-order valence-electron chi connectivity index (χ3n) is 4.23. The highest BCUT2D eigenvalue weighted by Crippen LogP contribution is 2.32. The summed E-state index contributed by atoms with van der Waals surface area (Å²) in [5.74, 6) is 0.769.